The summed E-state index contributed by atoms with van der Waals surface area (Å²) in [5.41, 5.74) is 0. The minimum absolute atomic E-state index is 0. The molecule has 0 aliphatic carbocycles. The summed E-state index contributed by atoms with van der Waals surface area (Å²) >= 11 is 0. The zero-order chi connectivity index (χ0) is 6.81. The van der Waals surface area contributed by atoms with Gasteiger partial charge < -0.3 is 10.2 Å². The quantitative estimate of drug-likeness (QED) is 0.668. The number of halogens is 1. The van der Waals surface area contributed by atoms with Crippen molar-refractivity contribution in [1.29, 1.82) is 0 Å². The Kier molecular flexibility index (Phi) is 3.63. The van der Waals surface area contributed by atoms with Crippen LogP contribution in [-0.4, -0.2) is 37.6 Å². The van der Waals surface area contributed by atoms with E-state index in [9.17, 15) is 0 Å². The maximum absolute atomic E-state index is 3.40. The van der Waals surface area contributed by atoms with Crippen molar-refractivity contribution in [3.8, 4) is 0 Å². The number of rotatable bonds is 2. The van der Waals surface area contributed by atoms with E-state index < -0.39 is 0 Å². The van der Waals surface area contributed by atoms with Crippen molar-refractivity contribution in [2.45, 2.75) is 12.8 Å². The summed E-state index contributed by atoms with van der Waals surface area (Å²) in [6.07, 6.45) is 2.83. The van der Waals surface area contributed by atoms with Crippen molar-refractivity contribution in [3.63, 3.8) is 0 Å². The van der Waals surface area contributed by atoms with Crippen LogP contribution in [0, 0.1) is 5.92 Å². The third-order valence-electron chi connectivity index (χ3n) is 2.63. The molecule has 0 aromatic carbocycles. The van der Waals surface area contributed by atoms with Crippen LogP contribution in [0.3, 0.4) is 0 Å². The van der Waals surface area contributed by atoms with Gasteiger partial charge in [-0.3, -0.25) is 0 Å². The highest BCUT2D eigenvalue weighted by atomic mass is 35.5. The third-order valence-corrected chi connectivity index (χ3v) is 2.63. The molecule has 1 unspecified atom stereocenters. The van der Waals surface area contributed by atoms with Crippen LogP contribution < -0.4 is 5.32 Å². The molecular formula is C8H17ClN2. The Labute approximate surface area is 74.7 Å². The van der Waals surface area contributed by atoms with Crippen LogP contribution in [0.5, 0.6) is 0 Å². The molecule has 0 aromatic rings. The van der Waals surface area contributed by atoms with Crippen LogP contribution in [-0.2, 0) is 0 Å². The van der Waals surface area contributed by atoms with Gasteiger partial charge in [0.25, 0.3) is 0 Å². The minimum atomic E-state index is 0. The Morgan fingerprint density at radius 3 is 2.64 bits per heavy atom. The average Bonchev–Trinajstić information content (AvgIpc) is 2.29. The molecule has 0 spiro atoms. The predicted octanol–water partition coefficient (Wildman–Crippen LogP) is 0.723. The van der Waals surface area contributed by atoms with Gasteiger partial charge in [-0.25, -0.2) is 0 Å². The third kappa shape index (κ3) is 2.32. The molecule has 3 heteroatoms. The van der Waals surface area contributed by atoms with Gasteiger partial charge in [-0.1, -0.05) is 0 Å². The van der Waals surface area contributed by atoms with Crippen LogP contribution >= 0.6 is 12.4 Å². The van der Waals surface area contributed by atoms with Gasteiger partial charge in [-0.15, -0.1) is 12.4 Å². The minimum Gasteiger partial charge on any atom is -0.316 e. The summed E-state index contributed by atoms with van der Waals surface area (Å²) in [5.74, 6) is 0.959. The normalized spacial score (nSPS) is 31.1. The van der Waals surface area contributed by atoms with Crippen LogP contribution in [0.25, 0.3) is 0 Å². The maximum atomic E-state index is 3.40. The second-order valence-electron chi connectivity index (χ2n) is 3.51. The number of hydrogen-bond donors (Lipinski definition) is 1. The first-order chi connectivity index (χ1) is 4.95. The van der Waals surface area contributed by atoms with Crippen molar-refractivity contribution >= 4 is 12.4 Å². The molecule has 0 radical (unpaired) electrons. The summed E-state index contributed by atoms with van der Waals surface area (Å²) in [6.45, 7) is 6.58. The first-order valence-electron chi connectivity index (χ1n) is 4.38. The molecule has 2 aliphatic heterocycles. The molecule has 0 bridgehead atoms. The lowest BCUT2D eigenvalue weighted by Gasteiger charge is -2.32. The molecule has 2 fully saturated rings. The monoisotopic (exact) mass is 176 g/mol. The van der Waals surface area contributed by atoms with Crippen molar-refractivity contribution in [2.24, 2.45) is 5.92 Å². The molecule has 0 saturated carbocycles. The predicted molar refractivity (Wildman–Crippen MR) is 49.3 cm³/mol. The fourth-order valence-electron chi connectivity index (χ4n) is 1.80. The zero-order valence-electron chi connectivity index (χ0n) is 6.88. The lowest BCUT2D eigenvalue weighted by molar-refractivity contribution is 0.156. The summed E-state index contributed by atoms with van der Waals surface area (Å²) in [6, 6.07) is 0. The summed E-state index contributed by atoms with van der Waals surface area (Å²) in [5, 5.41) is 3.40. The molecule has 2 rings (SSSR count). The molecule has 2 nitrogen and oxygen atoms in total. The summed E-state index contributed by atoms with van der Waals surface area (Å²) in [7, 11) is 0. The molecule has 1 atom stereocenters. The second kappa shape index (κ2) is 4.29. The summed E-state index contributed by atoms with van der Waals surface area (Å²) < 4.78 is 0. The van der Waals surface area contributed by atoms with Crippen LogP contribution in [0.4, 0.5) is 0 Å². The van der Waals surface area contributed by atoms with Crippen LogP contribution in [0.15, 0.2) is 0 Å². The molecule has 66 valence electrons. The molecular weight excluding hydrogens is 160 g/mol. The molecule has 2 aliphatic rings. The largest absolute Gasteiger partial charge is 0.316 e. The van der Waals surface area contributed by atoms with E-state index in [-0.39, 0.29) is 12.4 Å². The SMILES string of the molecule is C1CN(CC2CCNC2)C1.Cl. The Balaban J connectivity index is 0.000000605. The smallest absolute Gasteiger partial charge is 0.00223 e. The van der Waals surface area contributed by atoms with Crippen LogP contribution in [0.2, 0.25) is 0 Å². The average molecular weight is 177 g/mol. The van der Waals surface area contributed by atoms with E-state index in [0.29, 0.717) is 0 Å². The van der Waals surface area contributed by atoms with Gasteiger partial charge >= 0.3 is 0 Å². The molecule has 1 N–H and O–H groups in total. The van der Waals surface area contributed by atoms with Gasteiger partial charge in [0.15, 0.2) is 0 Å². The van der Waals surface area contributed by atoms with Crippen LogP contribution in [0.1, 0.15) is 12.8 Å². The number of nitrogens with one attached hydrogen (secondary N) is 1. The molecule has 0 amide bonds. The number of nitrogens with zero attached hydrogens (tertiary/aromatic N) is 1. The number of hydrogen-bond acceptors (Lipinski definition) is 2. The van der Waals surface area contributed by atoms with Crippen molar-refractivity contribution in [1.82, 2.24) is 10.2 Å². The van der Waals surface area contributed by atoms with E-state index in [4.69, 9.17) is 0 Å². The van der Waals surface area contributed by atoms with E-state index in [2.05, 4.69) is 10.2 Å². The lowest BCUT2D eigenvalue weighted by atomic mass is 10.1. The van der Waals surface area contributed by atoms with Gasteiger partial charge in [0.2, 0.25) is 0 Å². The molecule has 2 heterocycles. The zero-order valence-corrected chi connectivity index (χ0v) is 7.70. The lowest BCUT2D eigenvalue weighted by Crippen LogP contribution is -2.40. The van der Waals surface area contributed by atoms with Gasteiger partial charge in [0.05, 0.1) is 0 Å². The van der Waals surface area contributed by atoms with E-state index >= 15 is 0 Å². The van der Waals surface area contributed by atoms with E-state index in [1.54, 1.807) is 0 Å². The second-order valence-corrected chi connectivity index (χ2v) is 3.51. The summed E-state index contributed by atoms with van der Waals surface area (Å²) in [4.78, 5) is 2.57. The highest BCUT2D eigenvalue weighted by Crippen LogP contribution is 2.13. The van der Waals surface area contributed by atoms with Gasteiger partial charge in [-0.05, 0) is 44.9 Å². The Hall–Kier alpha value is 0.210. The highest BCUT2D eigenvalue weighted by molar-refractivity contribution is 5.85. The Morgan fingerprint density at radius 2 is 2.18 bits per heavy atom. The standard InChI is InChI=1S/C8H16N2.ClH/c1-4-10(5-1)7-8-2-3-9-6-8;/h8-9H,1-7H2;1H. The Morgan fingerprint density at radius 1 is 1.36 bits per heavy atom. The fraction of sp³-hybridized carbons (Fsp3) is 1.00. The van der Waals surface area contributed by atoms with E-state index in [1.807, 2.05) is 0 Å². The Bertz CT molecular complexity index is 109. The van der Waals surface area contributed by atoms with Gasteiger partial charge in [0, 0.05) is 6.54 Å². The fourth-order valence-corrected chi connectivity index (χ4v) is 1.80. The van der Waals surface area contributed by atoms with Crippen molar-refractivity contribution in [2.75, 3.05) is 32.7 Å². The molecule has 0 aromatic heterocycles. The highest BCUT2D eigenvalue weighted by Gasteiger charge is 2.21. The van der Waals surface area contributed by atoms with E-state index in [0.717, 1.165) is 5.92 Å². The maximum Gasteiger partial charge on any atom is 0.00223 e. The van der Waals surface area contributed by atoms with Crippen molar-refractivity contribution < 1.29 is 0 Å². The first kappa shape index (κ1) is 9.30. The molecule has 2 saturated heterocycles. The van der Waals surface area contributed by atoms with Gasteiger partial charge in [-0.2, -0.15) is 0 Å². The van der Waals surface area contributed by atoms with E-state index in [1.165, 1.54) is 45.6 Å². The first-order valence-corrected chi connectivity index (χ1v) is 4.38. The number of likely N-dealkylation sites (tertiary alicyclic amines) is 1. The topological polar surface area (TPSA) is 15.3 Å². The molecule has 11 heavy (non-hydrogen) atoms. The van der Waals surface area contributed by atoms with Crippen molar-refractivity contribution in [3.05, 3.63) is 0 Å². The van der Waals surface area contributed by atoms with Gasteiger partial charge in [0.1, 0.15) is 0 Å².